The molecule has 1 saturated heterocycles. The summed E-state index contributed by atoms with van der Waals surface area (Å²) in [4.78, 5) is 15.1. The number of H-pyrrole nitrogens is 1. The van der Waals surface area contributed by atoms with E-state index in [1.165, 1.54) is 7.11 Å². The molecule has 0 radical (unpaired) electrons. The maximum atomic E-state index is 11.9. The summed E-state index contributed by atoms with van der Waals surface area (Å²) >= 11 is 0. The van der Waals surface area contributed by atoms with Crippen LogP contribution in [0, 0.1) is 0 Å². The van der Waals surface area contributed by atoms with E-state index in [1.807, 2.05) is 45.9 Å². The maximum Gasteiger partial charge on any atom is 0.512 e. The van der Waals surface area contributed by atoms with Crippen LogP contribution in [0.3, 0.4) is 0 Å². The fraction of sp³-hybridized carbons (Fsp3) is 0.438. The number of hydrogen-bond acceptors (Lipinski definition) is 4. The lowest BCUT2D eigenvalue weighted by Gasteiger charge is -2.32. The fourth-order valence-electron chi connectivity index (χ4n) is 2.56. The molecule has 0 spiro atoms. The number of methoxy groups -OCH3 is 1. The Morgan fingerprint density at radius 3 is 2.41 bits per heavy atom. The van der Waals surface area contributed by atoms with E-state index in [0.29, 0.717) is 5.56 Å². The van der Waals surface area contributed by atoms with Gasteiger partial charge in [-0.1, -0.05) is 6.07 Å². The van der Waals surface area contributed by atoms with Gasteiger partial charge >= 0.3 is 13.1 Å². The van der Waals surface area contributed by atoms with Crippen LogP contribution in [0.15, 0.2) is 24.3 Å². The molecular formula is C16H20BNO4. The summed E-state index contributed by atoms with van der Waals surface area (Å²) in [5.74, 6) is -0.356. The maximum absolute atomic E-state index is 11.9. The molecule has 6 heteroatoms. The van der Waals surface area contributed by atoms with Crippen LogP contribution < -0.4 is 5.59 Å². The monoisotopic (exact) mass is 301 g/mol. The highest BCUT2D eigenvalue weighted by atomic mass is 16.7. The largest absolute Gasteiger partial charge is 0.512 e. The van der Waals surface area contributed by atoms with Gasteiger partial charge in [0.25, 0.3) is 0 Å². The quantitative estimate of drug-likeness (QED) is 0.683. The van der Waals surface area contributed by atoms with Crippen LogP contribution in [0.4, 0.5) is 0 Å². The zero-order chi connectivity index (χ0) is 16.1. The number of nitrogens with one attached hydrogen (secondary N) is 1. The molecule has 1 aliphatic rings. The molecule has 1 aromatic carbocycles. The van der Waals surface area contributed by atoms with E-state index in [2.05, 4.69) is 4.98 Å². The molecule has 0 bridgehead atoms. The van der Waals surface area contributed by atoms with Crippen molar-refractivity contribution in [2.24, 2.45) is 0 Å². The summed E-state index contributed by atoms with van der Waals surface area (Å²) in [6.07, 6.45) is 0. The molecule has 1 N–H and O–H groups in total. The molecule has 116 valence electrons. The minimum Gasteiger partial charge on any atom is -0.465 e. The summed E-state index contributed by atoms with van der Waals surface area (Å²) in [7, 11) is 0.895. The molecule has 5 nitrogen and oxygen atoms in total. The minimum atomic E-state index is -0.483. The van der Waals surface area contributed by atoms with Crippen LogP contribution in [0.2, 0.25) is 0 Å². The zero-order valence-electron chi connectivity index (χ0n) is 13.5. The lowest BCUT2D eigenvalue weighted by atomic mass is 9.85. The highest BCUT2D eigenvalue weighted by Gasteiger charge is 2.52. The number of esters is 1. The zero-order valence-corrected chi connectivity index (χ0v) is 13.5. The number of ether oxygens (including phenoxy) is 1. The van der Waals surface area contributed by atoms with Crippen molar-refractivity contribution in [1.82, 2.24) is 4.98 Å². The van der Waals surface area contributed by atoms with Crippen molar-refractivity contribution in [3.63, 3.8) is 0 Å². The SMILES string of the molecule is COC(=O)c1cccc2[nH]c(B3OC(C)(C)C(C)(C)O3)cc12. The molecule has 0 unspecified atom stereocenters. The third-order valence-corrected chi connectivity index (χ3v) is 4.60. The van der Waals surface area contributed by atoms with E-state index in [9.17, 15) is 4.79 Å². The molecule has 22 heavy (non-hydrogen) atoms. The van der Waals surface area contributed by atoms with Crippen molar-refractivity contribution in [2.45, 2.75) is 38.9 Å². The second kappa shape index (κ2) is 4.86. The average Bonchev–Trinajstić information content (AvgIpc) is 2.96. The van der Waals surface area contributed by atoms with Crippen molar-refractivity contribution >= 4 is 29.6 Å². The lowest BCUT2D eigenvalue weighted by molar-refractivity contribution is 0.00578. The Hall–Kier alpha value is -1.79. The van der Waals surface area contributed by atoms with Crippen molar-refractivity contribution in [2.75, 3.05) is 7.11 Å². The molecule has 1 aliphatic heterocycles. The molecule has 0 aliphatic carbocycles. The predicted molar refractivity (Wildman–Crippen MR) is 85.4 cm³/mol. The van der Waals surface area contributed by atoms with E-state index in [-0.39, 0.29) is 5.97 Å². The highest BCUT2D eigenvalue weighted by Crippen LogP contribution is 2.36. The van der Waals surface area contributed by atoms with Crippen LogP contribution in [-0.2, 0) is 14.0 Å². The Morgan fingerprint density at radius 1 is 1.18 bits per heavy atom. The first-order valence-electron chi connectivity index (χ1n) is 7.31. The van der Waals surface area contributed by atoms with Gasteiger partial charge in [0.15, 0.2) is 0 Å². The van der Waals surface area contributed by atoms with Gasteiger partial charge in [-0.2, -0.15) is 0 Å². The predicted octanol–water partition coefficient (Wildman–Crippen LogP) is 2.25. The Bertz CT molecular complexity index is 719. The number of fused-ring (bicyclic) bond motifs is 1. The van der Waals surface area contributed by atoms with Crippen LogP contribution in [-0.4, -0.2) is 36.4 Å². The Labute approximate surface area is 130 Å². The van der Waals surface area contributed by atoms with Crippen LogP contribution in [0.25, 0.3) is 10.9 Å². The topological polar surface area (TPSA) is 60.6 Å². The lowest BCUT2D eigenvalue weighted by Crippen LogP contribution is -2.41. The summed E-state index contributed by atoms with van der Waals surface area (Å²) < 4.78 is 16.9. The summed E-state index contributed by atoms with van der Waals surface area (Å²) in [6.45, 7) is 8.04. The molecule has 2 aromatic rings. The molecule has 1 fully saturated rings. The number of rotatable bonds is 2. The molecule has 0 atom stereocenters. The van der Waals surface area contributed by atoms with Gasteiger partial charge in [-0.3, -0.25) is 0 Å². The fourth-order valence-corrected chi connectivity index (χ4v) is 2.56. The molecular weight excluding hydrogens is 281 g/mol. The van der Waals surface area contributed by atoms with Crippen LogP contribution in [0.5, 0.6) is 0 Å². The van der Waals surface area contributed by atoms with Crippen molar-refractivity contribution in [3.8, 4) is 0 Å². The minimum absolute atomic E-state index is 0.356. The van der Waals surface area contributed by atoms with Crippen molar-refractivity contribution in [1.29, 1.82) is 0 Å². The van der Waals surface area contributed by atoms with E-state index in [0.717, 1.165) is 16.5 Å². The number of aromatic nitrogens is 1. The first-order valence-corrected chi connectivity index (χ1v) is 7.31. The van der Waals surface area contributed by atoms with E-state index in [4.69, 9.17) is 14.0 Å². The summed E-state index contributed by atoms with van der Waals surface area (Å²) in [6, 6.07) is 7.37. The van der Waals surface area contributed by atoms with Gasteiger partial charge in [0.2, 0.25) is 0 Å². The van der Waals surface area contributed by atoms with Crippen LogP contribution >= 0.6 is 0 Å². The average molecular weight is 301 g/mol. The smallest absolute Gasteiger partial charge is 0.465 e. The molecule has 3 rings (SSSR count). The number of carbonyl (C=O) groups excluding carboxylic acids is 1. The Kier molecular flexibility index (Phi) is 3.34. The van der Waals surface area contributed by atoms with Gasteiger partial charge in [0.05, 0.1) is 23.9 Å². The summed E-state index contributed by atoms with van der Waals surface area (Å²) in [5, 5.41) is 0.805. The van der Waals surface area contributed by atoms with Crippen LogP contribution in [0.1, 0.15) is 38.1 Å². The first-order chi connectivity index (χ1) is 10.2. The molecule has 0 amide bonds. The number of aromatic amines is 1. The first kappa shape index (κ1) is 15.1. The molecule has 1 aromatic heterocycles. The van der Waals surface area contributed by atoms with Crippen molar-refractivity contribution in [3.05, 3.63) is 29.8 Å². The normalized spacial score (nSPS) is 19.6. The van der Waals surface area contributed by atoms with Gasteiger partial charge in [0.1, 0.15) is 0 Å². The van der Waals surface area contributed by atoms with Gasteiger partial charge < -0.3 is 19.0 Å². The number of carbonyl (C=O) groups is 1. The second-order valence-corrected chi connectivity index (χ2v) is 6.57. The third-order valence-electron chi connectivity index (χ3n) is 4.60. The highest BCUT2D eigenvalue weighted by molar-refractivity contribution is 6.61. The molecule has 2 heterocycles. The van der Waals surface area contributed by atoms with E-state index in [1.54, 1.807) is 6.07 Å². The van der Waals surface area contributed by atoms with Gasteiger partial charge in [0, 0.05) is 16.5 Å². The molecule has 0 saturated carbocycles. The van der Waals surface area contributed by atoms with E-state index >= 15 is 0 Å². The second-order valence-electron chi connectivity index (χ2n) is 6.57. The Morgan fingerprint density at radius 2 is 1.82 bits per heavy atom. The van der Waals surface area contributed by atoms with Gasteiger partial charge in [-0.05, 0) is 45.9 Å². The third kappa shape index (κ3) is 2.23. The number of benzene rings is 1. The van der Waals surface area contributed by atoms with Crippen molar-refractivity contribution < 1.29 is 18.8 Å². The van der Waals surface area contributed by atoms with Gasteiger partial charge in [-0.25, -0.2) is 4.79 Å². The standard InChI is InChI=1S/C16H20BNO4/c1-15(2)16(3,4)22-17(21-15)13-9-11-10(14(19)20-5)7-6-8-12(11)18-13/h6-9,18H,1-5H3. The van der Waals surface area contributed by atoms with E-state index < -0.39 is 18.3 Å². The number of hydrogen-bond donors (Lipinski definition) is 1. The van der Waals surface area contributed by atoms with Gasteiger partial charge in [-0.15, -0.1) is 0 Å². The summed E-state index contributed by atoms with van der Waals surface area (Å²) in [5.41, 5.74) is 1.37. The Balaban J connectivity index is 2.02.